The third kappa shape index (κ3) is 4.82. The van der Waals surface area contributed by atoms with Crippen LogP contribution in [0.2, 0.25) is 0 Å². The molecular weight excluding hydrogens is 350 g/mol. The Morgan fingerprint density at radius 2 is 1.57 bits per heavy atom. The highest BCUT2D eigenvalue weighted by Crippen LogP contribution is 2.24. The Labute approximate surface area is 163 Å². The summed E-state index contributed by atoms with van der Waals surface area (Å²) in [6.07, 6.45) is 5.11. The van der Waals surface area contributed by atoms with Crippen molar-refractivity contribution in [3.05, 3.63) is 97.1 Å². The fourth-order valence-corrected chi connectivity index (χ4v) is 2.60. The Hall–Kier alpha value is -3.93. The topological polar surface area (TPSA) is 72.0 Å². The molecular formula is C22H19N5O. The highest BCUT2D eigenvalue weighted by Gasteiger charge is 2.02. The van der Waals surface area contributed by atoms with E-state index in [1.54, 1.807) is 6.20 Å². The summed E-state index contributed by atoms with van der Waals surface area (Å²) in [5.74, 6) is 3.03. The second-order valence-corrected chi connectivity index (χ2v) is 6.07. The number of nitrogens with one attached hydrogen (secondary N) is 2. The smallest absolute Gasteiger partial charge is 0.135 e. The summed E-state index contributed by atoms with van der Waals surface area (Å²) in [6.45, 7) is 0.649. The number of rotatable bonds is 7. The van der Waals surface area contributed by atoms with E-state index in [4.69, 9.17) is 4.74 Å². The van der Waals surface area contributed by atoms with E-state index in [9.17, 15) is 0 Å². The summed E-state index contributed by atoms with van der Waals surface area (Å²) in [5, 5.41) is 6.55. The fraction of sp³-hybridized carbons (Fsp3) is 0.0455. The van der Waals surface area contributed by atoms with E-state index >= 15 is 0 Å². The molecule has 2 aromatic heterocycles. The zero-order valence-corrected chi connectivity index (χ0v) is 15.1. The first-order valence-electron chi connectivity index (χ1n) is 8.90. The van der Waals surface area contributed by atoms with Crippen LogP contribution >= 0.6 is 0 Å². The van der Waals surface area contributed by atoms with Gasteiger partial charge in [-0.3, -0.25) is 4.98 Å². The van der Waals surface area contributed by atoms with Gasteiger partial charge in [-0.25, -0.2) is 9.97 Å². The van der Waals surface area contributed by atoms with E-state index in [2.05, 4.69) is 25.6 Å². The maximum atomic E-state index is 5.81. The van der Waals surface area contributed by atoms with Crippen LogP contribution in [0.1, 0.15) is 5.56 Å². The molecule has 2 N–H and O–H groups in total. The first kappa shape index (κ1) is 17.5. The largest absolute Gasteiger partial charge is 0.457 e. The maximum Gasteiger partial charge on any atom is 0.135 e. The average molecular weight is 369 g/mol. The van der Waals surface area contributed by atoms with Gasteiger partial charge in [-0.05, 0) is 48.0 Å². The number of hydrogen-bond donors (Lipinski definition) is 2. The maximum absolute atomic E-state index is 5.81. The quantitative estimate of drug-likeness (QED) is 0.477. The molecule has 0 saturated heterocycles. The molecule has 0 bridgehead atoms. The number of anilines is 3. The van der Waals surface area contributed by atoms with Crippen LogP contribution in [0.5, 0.6) is 11.5 Å². The Bertz CT molecular complexity index is 1010. The van der Waals surface area contributed by atoms with Crippen molar-refractivity contribution in [2.24, 2.45) is 0 Å². The Balaban J connectivity index is 1.37. The number of aromatic nitrogens is 3. The van der Waals surface area contributed by atoms with Crippen molar-refractivity contribution in [1.29, 1.82) is 0 Å². The van der Waals surface area contributed by atoms with Gasteiger partial charge in [0.1, 0.15) is 29.5 Å². The number of benzene rings is 2. The van der Waals surface area contributed by atoms with Crippen molar-refractivity contribution in [3.63, 3.8) is 0 Å². The van der Waals surface area contributed by atoms with E-state index < -0.39 is 0 Å². The van der Waals surface area contributed by atoms with Crippen LogP contribution in [-0.4, -0.2) is 15.0 Å². The van der Waals surface area contributed by atoms with Crippen LogP contribution in [0.4, 0.5) is 17.3 Å². The van der Waals surface area contributed by atoms with E-state index in [0.29, 0.717) is 12.4 Å². The summed E-state index contributed by atoms with van der Waals surface area (Å²) >= 11 is 0. The van der Waals surface area contributed by atoms with Crippen molar-refractivity contribution in [3.8, 4) is 11.5 Å². The third-order valence-corrected chi connectivity index (χ3v) is 3.97. The number of nitrogens with zero attached hydrogens (tertiary/aromatic N) is 3. The predicted octanol–water partition coefficient (Wildman–Crippen LogP) is 5.02. The van der Waals surface area contributed by atoms with Crippen molar-refractivity contribution in [2.75, 3.05) is 10.6 Å². The van der Waals surface area contributed by atoms with Gasteiger partial charge >= 0.3 is 0 Å². The van der Waals surface area contributed by atoms with Crippen molar-refractivity contribution in [2.45, 2.75) is 6.54 Å². The van der Waals surface area contributed by atoms with Gasteiger partial charge in [0.05, 0.1) is 0 Å². The molecule has 6 heteroatoms. The molecule has 4 rings (SSSR count). The number of para-hydroxylation sites is 1. The van der Waals surface area contributed by atoms with E-state index in [-0.39, 0.29) is 0 Å². The molecule has 6 nitrogen and oxygen atoms in total. The molecule has 0 radical (unpaired) electrons. The summed E-state index contributed by atoms with van der Waals surface area (Å²) in [7, 11) is 0. The minimum absolute atomic E-state index is 0.649. The van der Waals surface area contributed by atoms with Crippen molar-refractivity contribution >= 4 is 17.3 Å². The molecule has 0 aliphatic heterocycles. The van der Waals surface area contributed by atoms with Gasteiger partial charge in [-0.2, -0.15) is 0 Å². The number of ether oxygens (including phenoxy) is 1. The number of pyridine rings is 1. The summed E-state index contributed by atoms with van der Waals surface area (Å²) in [6, 6.07) is 23.2. The normalized spacial score (nSPS) is 10.3. The second kappa shape index (κ2) is 8.64. The lowest BCUT2D eigenvalue weighted by Gasteiger charge is -2.10. The van der Waals surface area contributed by atoms with Crippen LogP contribution in [0.3, 0.4) is 0 Å². The highest BCUT2D eigenvalue weighted by atomic mass is 16.5. The molecule has 0 spiro atoms. The molecule has 0 unspecified atom stereocenters. The number of hydrogen-bond acceptors (Lipinski definition) is 6. The standard InChI is InChI=1S/C22H19N5O/c1-2-6-19(7-3-1)28-20-10-8-18(9-11-20)27-22-13-21(25-16-26-22)24-15-17-5-4-12-23-14-17/h1-14,16H,15H2,(H2,24,25,26,27). The molecule has 0 saturated carbocycles. The van der Waals surface area contributed by atoms with Crippen LogP contribution in [0.15, 0.2) is 91.5 Å². The van der Waals surface area contributed by atoms with Crippen molar-refractivity contribution < 1.29 is 4.74 Å². The van der Waals surface area contributed by atoms with Gasteiger partial charge < -0.3 is 15.4 Å². The zero-order valence-electron chi connectivity index (χ0n) is 15.1. The van der Waals surface area contributed by atoms with Gasteiger partial charge in [-0.15, -0.1) is 0 Å². The summed E-state index contributed by atoms with van der Waals surface area (Å²) < 4.78 is 5.81. The Kier molecular flexibility index (Phi) is 5.39. The molecule has 0 atom stereocenters. The van der Waals surface area contributed by atoms with Gasteiger partial charge in [0, 0.05) is 30.7 Å². The lowest BCUT2D eigenvalue weighted by molar-refractivity contribution is 0.483. The summed E-state index contributed by atoms with van der Waals surface area (Å²) in [5.41, 5.74) is 2.00. The Morgan fingerprint density at radius 3 is 2.36 bits per heavy atom. The SMILES string of the molecule is c1ccc(Oc2ccc(Nc3cc(NCc4cccnc4)ncn3)cc2)cc1. The minimum Gasteiger partial charge on any atom is -0.457 e. The zero-order chi connectivity index (χ0) is 19.0. The van der Waals surface area contributed by atoms with Gasteiger partial charge in [0.15, 0.2) is 0 Å². The molecule has 0 amide bonds. The molecule has 2 heterocycles. The highest BCUT2D eigenvalue weighted by molar-refractivity contribution is 5.59. The van der Waals surface area contributed by atoms with Gasteiger partial charge in [0.2, 0.25) is 0 Å². The molecule has 28 heavy (non-hydrogen) atoms. The monoisotopic (exact) mass is 369 g/mol. The van der Waals surface area contributed by atoms with Crippen LogP contribution in [0, 0.1) is 0 Å². The molecule has 138 valence electrons. The van der Waals surface area contributed by atoms with Crippen molar-refractivity contribution in [1.82, 2.24) is 15.0 Å². The van der Waals surface area contributed by atoms with Gasteiger partial charge in [0.25, 0.3) is 0 Å². The summed E-state index contributed by atoms with van der Waals surface area (Å²) in [4.78, 5) is 12.6. The fourth-order valence-electron chi connectivity index (χ4n) is 2.60. The van der Waals surface area contributed by atoms with Gasteiger partial charge in [-0.1, -0.05) is 24.3 Å². The van der Waals surface area contributed by atoms with E-state index in [1.165, 1.54) is 6.33 Å². The average Bonchev–Trinajstić information content (AvgIpc) is 2.76. The lowest BCUT2D eigenvalue weighted by atomic mass is 10.3. The second-order valence-electron chi connectivity index (χ2n) is 6.07. The van der Waals surface area contributed by atoms with Crippen LogP contribution in [-0.2, 0) is 6.54 Å². The lowest BCUT2D eigenvalue weighted by Crippen LogP contribution is -2.03. The first-order valence-corrected chi connectivity index (χ1v) is 8.90. The van der Waals surface area contributed by atoms with E-state index in [1.807, 2.05) is 79.0 Å². The molecule has 4 aromatic rings. The third-order valence-electron chi connectivity index (χ3n) is 3.97. The molecule has 0 fully saturated rings. The minimum atomic E-state index is 0.649. The molecule has 0 aliphatic rings. The van der Waals surface area contributed by atoms with Crippen LogP contribution < -0.4 is 15.4 Å². The first-order chi connectivity index (χ1) is 13.8. The van der Waals surface area contributed by atoms with E-state index in [0.717, 1.165) is 28.6 Å². The predicted molar refractivity (Wildman–Crippen MR) is 110 cm³/mol. The van der Waals surface area contributed by atoms with Crippen LogP contribution in [0.25, 0.3) is 0 Å². The molecule has 0 aliphatic carbocycles. The molecule has 2 aromatic carbocycles. The Morgan fingerprint density at radius 1 is 0.786 bits per heavy atom.